The Kier molecular flexibility index (Phi) is 8.09. The van der Waals surface area contributed by atoms with Crippen LogP contribution in [-0.4, -0.2) is 20.9 Å². The number of sulfonamides is 1. The zero-order chi connectivity index (χ0) is 22.3. The van der Waals surface area contributed by atoms with Crippen molar-refractivity contribution in [3.63, 3.8) is 0 Å². The molecule has 5 nitrogen and oxygen atoms in total. The second-order valence-corrected chi connectivity index (χ2v) is 9.48. The van der Waals surface area contributed by atoms with Crippen LogP contribution in [0.3, 0.4) is 0 Å². The summed E-state index contributed by atoms with van der Waals surface area (Å²) in [5.74, 6) is -0.205. The smallest absolute Gasteiger partial charge is 0.240 e. The molecule has 0 radical (unpaired) electrons. The summed E-state index contributed by atoms with van der Waals surface area (Å²) in [4.78, 5) is 12.4. The van der Waals surface area contributed by atoms with E-state index in [0.717, 1.165) is 11.1 Å². The fourth-order valence-corrected chi connectivity index (χ4v) is 4.34. The molecule has 162 valence electrons. The number of hydrogen-bond acceptors (Lipinski definition) is 3. The summed E-state index contributed by atoms with van der Waals surface area (Å²) in [7, 11) is -3.58. The highest BCUT2D eigenvalue weighted by molar-refractivity contribution is 7.89. The van der Waals surface area contributed by atoms with Crippen molar-refractivity contribution in [1.82, 2.24) is 4.72 Å². The van der Waals surface area contributed by atoms with Gasteiger partial charge in [-0.1, -0.05) is 71.7 Å². The molecule has 1 amide bonds. The van der Waals surface area contributed by atoms with Gasteiger partial charge in [-0.3, -0.25) is 4.79 Å². The number of benzene rings is 3. The van der Waals surface area contributed by atoms with Gasteiger partial charge in [-0.15, -0.1) is 0 Å². The van der Waals surface area contributed by atoms with Crippen molar-refractivity contribution in [3.05, 3.63) is 94.0 Å². The Hall–Kier alpha value is -2.38. The highest BCUT2D eigenvalue weighted by Gasteiger charge is 2.14. The first-order chi connectivity index (χ1) is 14.8. The minimum absolute atomic E-state index is 0.194. The fourth-order valence-electron chi connectivity index (χ4n) is 2.96. The third-order valence-corrected chi connectivity index (χ3v) is 6.94. The van der Waals surface area contributed by atoms with Crippen molar-refractivity contribution in [3.8, 4) is 0 Å². The average Bonchev–Trinajstić information content (AvgIpc) is 2.76. The molecular formula is C23H22Cl2N2O3S. The van der Waals surface area contributed by atoms with Crippen LogP contribution in [0.25, 0.3) is 0 Å². The van der Waals surface area contributed by atoms with Crippen molar-refractivity contribution in [2.45, 2.75) is 24.2 Å². The molecule has 0 aliphatic rings. The van der Waals surface area contributed by atoms with E-state index < -0.39 is 10.0 Å². The third kappa shape index (κ3) is 6.80. The molecule has 31 heavy (non-hydrogen) atoms. The number of hydrogen-bond donors (Lipinski definition) is 2. The molecular weight excluding hydrogens is 455 g/mol. The van der Waals surface area contributed by atoms with E-state index in [9.17, 15) is 13.2 Å². The van der Waals surface area contributed by atoms with Crippen LogP contribution in [0.5, 0.6) is 0 Å². The molecule has 2 N–H and O–H groups in total. The lowest BCUT2D eigenvalue weighted by Gasteiger charge is -2.09. The molecule has 0 fully saturated rings. The van der Waals surface area contributed by atoms with Gasteiger partial charge in [-0.25, -0.2) is 13.1 Å². The van der Waals surface area contributed by atoms with E-state index in [2.05, 4.69) is 10.0 Å². The normalized spacial score (nSPS) is 11.3. The second kappa shape index (κ2) is 10.8. The lowest BCUT2D eigenvalue weighted by atomic mass is 10.1. The monoisotopic (exact) mass is 476 g/mol. The van der Waals surface area contributed by atoms with Gasteiger partial charge < -0.3 is 5.32 Å². The number of halogens is 2. The minimum Gasteiger partial charge on any atom is -0.325 e. The molecule has 0 aliphatic heterocycles. The minimum atomic E-state index is -3.58. The topological polar surface area (TPSA) is 75.3 Å². The molecule has 0 atom stereocenters. The predicted octanol–water partition coefficient (Wildman–Crippen LogP) is 5.09. The molecule has 0 spiro atoms. The maximum Gasteiger partial charge on any atom is 0.240 e. The number of carbonyl (C=O) groups is 1. The zero-order valence-electron chi connectivity index (χ0n) is 16.6. The van der Waals surface area contributed by atoms with Gasteiger partial charge in [0.25, 0.3) is 0 Å². The quantitative estimate of drug-likeness (QED) is 0.451. The SMILES string of the molecule is O=C(CCc1ccc(S(=O)(=O)NCCc2ccccc2)cc1)Nc1cccc(Cl)c1Cl. The van der Waals surface area contributed by atoms with Crippen molar-refractivity contribution in [2.75, 3.05) is 11.9 Å². The Morgan fingerprint density at radius 3 is 2.19 bits per heavy atom. The summed E-state index contributed by atoms with van der Waals surface area (Å²) < 4.78 is 27.5. The number of anilines is 1. The standard InChI is InChI=1S/C23H22Cl2N2O3S/c24-20-7-4-8-21(23(20)25)27-22(28)14-11-18-9-12-19(13-10-18)31(29,30)26-16-15-17-5-2-1-3-6-17/h1-10,12-13,26H,11,14-16H2,(H,27,28). The van der Waals surface area contributed by atoms with E-state index in [-0.39, 0.29) is 17.2 Å². The van der Waals surface area contributed by atoms with Crippen molar-refractivity contribution in [2.24, 2.45) is 0 Å². The number of amides is 1. The molecule has 0 bridgehead atoms. The maximum atomic E-state index is 12.5. The zero-order valence-corrected chi connectivity index (χ0v) is 19.0. The molecule has 0 heterocycles. The Balaban J connectivity index is 1.51. The largest absolute Gasteiger partial charge is 0.325 e. The highest BCUT2D eigenvalue weighted by Crippen LogP contribution is 2.29. The van der Waals surface area contributed by atoms with E-state index >= 15 is 0 Å². The van der Waals surface area contributed by atoms with Crippen LogP contribution < -0.4 is 10.0 Å². The summed E-state index contributed by atoms with van der Waals surface area (Å²) in [5, 5.41) is 3.40. The van der Waals surface area contributed by atoms with E-state index in [1.54, 1.807) is 42.5 Å². The van der Waals surface area contributed by atoms with Crippen molar-refractivity contribution in [1.29, 1.82) is 0 Å². The van der Waals surface area contributed by atoms with Crippen LogP contribution >= 0.6 is 23.2 Å². The van der Waals surface area contributed by atoms with Crippen molar-refractivity contribution < 1.29 is 13.2 Å². The maximum absolute atomic E-state index is 12.5. The molecule has 8 heteroatoms. The highest BCUT2D eigenvalue weighted by atomic mass is 35.5. The van der Waals surface area contributed by atoms with Crippen LogP contribution in [-0.2, 0) is 27.7 Å². The average molecular weight is 477 g/mol. The van der Waals surface area contributed by atoms with Crippen LogP contribution in [0.15, 0.2) is 77.7 Å². The van der Waals surface area contributed by atoms with Gasteiger partial charge in [-0.2, -0.15) is 0 Å². The van der Waals surface area contributed by atoms with Gasteiger partial charge in [-0.05, 0) is 48.2 Å². The van der Waals surface area contributed by atoms with Gasteiger partial charge in [0.15, 0.2) is 0 Å². The van der Waals surface area contributed by atoms with Gasteiger partial charge in [0, 0.05) is 13.0 Å². The summed E-state index contributed by atoms with van der Waals surface area (Å²) in [6.45, 7) is 0.320. The number of nitrogens with one attached hydrogen (secondary N) is 2. The Morgan fingerprint density at radius 1 is 0.806 bits per heavy atom. The van der Waals surface area contributed by atoms with Crippen LogP contribution in [0, 0.1) is 0 Å². The molecule has 0 saturated heterocycles. The van der Waals surface area contributed by atoms with Crippen molar-refractivity contribution >= 4 is 44.8 Å². The first-order valence-corrected chi connectivity index (χ1v) is 12.0. The van der Waals surface area contributed by atoms with E-state index in [1.165, 1.54) is 0 Å². The lowest BCUT2D eigenvalue weighted by Crippen LogP contribution is -2.26. The van der Waals surface area contributed by atoms with Gasteiger partial charge in [0.1, 0.15) is 0 Å². The Bertz CT molecular complexity index is 1140. The predicted molar refractivity (Wildman–Crippen MR) is 125 cm³/mol. The summed E-state index contributed by atoms with van der Waals surface area (Å²) in [6.07, 6.45) is 1.31. The molecule has 0 aliphatic carbocycles. The van der Waals surface area contributed by atoms with E-state index in [0.29, 0.717) is 35.1 Å². The summed E-state index contributed by atoms with van der Waals surface area (Å²) in [5.41, 5.74) is 2.38. The third-order valence-electron chi connectivity index (χ3n) is 4.65. The Morgan fingerprint density at radius 2 is 1.48 bits per heavy atom. The number of aryl methyl sites for hydroxylation is 1. The fraction of sp³-hybridized carbons (Fsp3) is 0.174. The Labute approximate surface area is 192 Å². The number of carbonyl (C=O) groups excluding carboxylic acids is 1. The molecule has 3 aromatic rings. The molecule has 3 rings (SSSR count). The second-order valence-electron chi connectivity index (χ2n) is 6.93. The van der Waals surface area contributed by atoms with Crippen LogP contribution in [0.2, 0.25) is 10.0 Å². The summed E-state index contributed by atoms with van der Waals surface area (Å²) in [6, 6.07) is 21.2. The molecule has 0 saturated carbocycles. The molecule has 0 aromatic heterocycles. The summed E-state index contributed by atoms with van der Waals surface area (Å²) >= 11 is 12.0. The van der Waals surface area contributed by atoms with Crippen LogP contribution in [0.4, 0.5) is 5.69 Å². The van der Waals surface area contributed by atoms with Gasteiger partial charge in [0.05, 0.1) is 20.6 Å². The molecule has 3 aromatic carbocycles. The van der Waals surface area contributed by atoms with Crippen LogP contribution in [0.1, 0.15) is 17.5 Å². The van der Waals surface area contributed by atoms with Gasteiger partial charge >= 0.3 is 0 Å². The van der Waals surface area contributed by atoms with E-state index in [1.807, 2.05) is 30.3 Å². The van der Waals surface area contributed by atoms with Gasteiger partial charge in [0.2, 0.25) is 15.9 Å². The number of rotatable bonds is 9. The lowest BCUT2D eigenvalue weighted by molar-refractivity contribution is -0.116. The first-order valence-electron chi connectivity index (χ1n) is 9.71. The first kappa shape index (κ1) is 23.3. The molecule has 0 unspecified atom stereocenters. The van der Waals surface area contributed by atoms with E-state index in [4.69, 9.17) is 23.2 Å².